The van der Waals surface area contributed by atoms with E-state index in [2.05, 4.69) is 26.1 Å². The second kappa shape index (κ2) is 4.73. The van der Waals surface area contributed by atoms with E-state index in [4.69, 9.17) is 5.73 Å². The number of alkyl halides is 3. The minimum Gasteiger partial charge on any atom is -0.398 e. The van der Waals surface area contributed by atoms with Crippen LogP contribution in [0.2, 0.25) is 0 Å². The van der Waals surface area contributed by atoms with Crippen LogP contribution in [0.4, 0.5) is 18.9 Å². The molecule has 1 aromatic carbocycles. The van der Waals surface area contributed by atoms with Crippen LogP contribution in [-0.2, 0) is 6.18 Å². The van der Waals surface area contributed by atoms with Crippen LogP contribution in [0.25, 0.3) is 17.0 Å². The zero-order valence-corrected chi connectivity index (χ0v) is 12.0. The Balaban J connectivity index is 2.20. The molecule has 0 atom stereocenters. The highest BCUT2D eigenvalue weighted by Crippen LogP contribution is 2.31. The summed E-state index contributed by atoms with van der Waals surface area (Å²) >= 11 is 3.28. The standard InChI is InChI=1S/C13H8BrF3N4/c14-9-5-7(1-3-10(9)18)12-20-19-11-4-2-8(6-21(11)12)13(15,16)17/h1-6H,18H2. The molecule has 8 heteroatoms. The zero-order chi connectivity index (χ0) is 15.2. The van der Waals surface area contributed by atoms with Crippen molar-refractivity contribution >= 4 is 27.3 Å². The Hall–Kier alpha value is -2.09. The highest BCUT2D eigenvalue weighted by atomic mass is 79.9. The number of benzene rings is 1. The number of pyridine rings is 1. The Morgan fingerprint density at radius 1 is 1.10 bits per heavy atom. The number of hydrogen-bond acceptors (Lipinski definition) is 3. The molecule has 0 aliphatic heterocycles. The molecule has 0 aliphatic rings. The molecule has 0 aliphatic carbocycles. The van der Waals surface area contributed by atoms with Gasteiger partial charge in [0.15, 0.2) is 11.5 Å². The molecule has 0 saturated carbocycles. The van der Waals surface area contributed by atoms with E-state index >= 15 is 0 Å². The van der Waals surface area contributed by atoms with Crippen molar-refractivity contribution in [3.05, 3.63) is 46.6 Å². The fourth-order valence-corrected chi connectivity index (χ4v) is 2.30. The number of aromatic nitrogens is 3. The van der Waals surface area contributed by atoms with Crippen molar-refractivity contribution in [2.24, 2.45) is 0 Å². The molecule has 4 nitrogen and oxygen atoms in total. The van der Waals surface area contributed by atoms with Crippen LogP contribution in [0.15, 0.2) is 41.0 Å². The highest BCUT2D eigenvalue weighted by Gasteiger charge is 2.31. The minimum absolute atomic E-state index is 0.316. The van der Waals surface area contributed by atoms with E-state index in [9.17, 15) is 13.2 Å². The number of fused-ring (bicyclic) bond motifs is 1. The lowest BCUT2D eigenvalue weighted by atomic mass is 10.2. The van der Waals surface area contributed by atoms with Gasteiger partial charge >= 0.3 is 6.18 Å². The maximum absolute atomic E-state index is 12.8. The Morgan fingerprint density at radius 3 is 2.52 bits per heavy atom. The lowest BCUT2D eigenvalue weighted by Gasteiger charge is -2.08. The maximum atomic E-state index is 12.8. The first-order valence-electron chi connectivity index (χ1n) is 5.83. The SMILES string of the molecule is Nc1ccc(-c2nnc3ccc(C(F)(F)F)cn23)cc1Br. The number of nitrogens with two attached hydrogens (primary N) is 1. The Bertz CT molecular complexity index is 826. The van der Waals surface area contributed by atoms with Gasteiger partial charge in [0.25, 0.3) is 0 Å². The van der Waals surface area contributed by atoms with E-state index in [1.165, 1.54) is 10.5 Å². The molecule has 0 saturated heterocycles. The van der Waals surface area contributed by atoms with Crippen molar-refractivity contribution in [1.29, 1.82) is 0 Å². The van der Waals surface area contributed by atoms with Crippen molar-refractivity contribution in [1.82, 2.24) is 14.6 Å². The summed E-state index contributed by atoms with van der Waals surface area (Å²) in [5.41, 5.74) is 6.42. The Morgan fingerprint density at radius 2 is 1.86 bits per heavy atom. The molecule has 2 heterocycles. The van der Waals surface area contributed by atoms with Crippen LogP contribution >= 0.6 is 15.9 Å². The van der Waals surface area contributed by atoms with E-state index in [1.807, 2.05) is 0 Å². The van der Waals surface area contributed by atoms with Gasteiger partial charge < -0.3 is 5.73 Å². The predicted molar refractivity (Wildman–Crippen MR) is 75.5 cm³/mol. The van der Waals surface area contributed by atoms with Gasteiger partial charge in [0.2, 0.25) is 0 Å². The molecule has 2 aromatic heterocycles. The van der Waals surface area contributed by atoms with Crippen LogP contribution in [0.1, 0.15) is 5.56 Å². The van der Waals surface area contributed by atoms with E-state index in [0.717, 1.165) is 12.3 Å². The summed E-state index contributed by atoms with van der Waals surface area (Å²) in [5.74, 6) is 0.316. The van der Waals surface area contributed by atoms with Crippen molar-refractivity contribution in [2.75, 3.05) is 5.73 Å². The second-order valence-electron chi connectivity index (χ2n) is 4.40. The molecule has 0 fully saturated rings. The van der Waals surface area contributed by atoms with Crippen molar-refractivity contribution in [3.8, 4) is 11.4 Å². The van der Waals surface area contributed by atoms with Crippen molar-refractivity contribution in [2.45, 2.75) is 6.18 Å². The zero-order valence-electron chi connectivity index (χ0n) is 10.4. The van der Waals surface area contributed by atoms with Gasteiger partial charge in [0, 0.05) is 21.9 Å². The van der Waals surface area contributed by atoms with Gasteiger partial charge in [-0.2, -0.15) is 13.2 Å². The average Bonchev–Trinajstić information content (AvgIpc) is 2.84. The number of halogens is 4. The van der Waals surface area contributed by atoms with E-state index in [1.54, 1.807) is 18.2 Å². The van der Waals surface area contributed by atoms with Gasteiger partial charge in [-0.05, 0) is 46.3 Å². The van der Waals surface area contributed by atoms with Gasteiger partial charge in [-0.25, -0.2) is 0 Å². The smallest absolute Gasteiger partial charge is 0.398 e. The number of hydrogen-bond donors (Lipinski definition) is 1. The topological polar surface area (TPSA) is 56.2 Å². The van der Waals surface area contributed by atoms with Crippen molar-refractivity contribution < 1.29 is 13.2 Å². The molecule has 0 amide bonds. The summed E-state index contributed by atoms with van der Waals surface area (Å²) in [5, 5.41) is 7.81. The summed E-state index contributed by atoms with van der Waals surface area (Å²) in [7, 11) is 0. The number of rotatable bonds is 1. The fourth-order valence-electron chi connectivity index (χ4n) is 1.92. The highest BCUT2D eigenvalue weighted by molar-refractivity contribution is 9.10. The fraction of sp³-hybridized carbons (Fsp3) is 0.0769. The maximum Gasteiger partial charge on any atom is 0.417 e. The quantitative estimate of drug-likeness (QED) is 0.675. The molecule has 0 bridgehead atoms. The van der Waals surface area contributed by atoms with E-state index in [0.29, 0.717) is 27.2 Å². The molecule has 2 N–H and O–H groups in total. The van der Waals surface area contributed by atoms with Crippen LogP contribution in [-0.4, -0.2) is 14.6 Å². The van der Waals surface area contributed by atoms with E-state index in [-0.39, 0.29) is 0 Å². The first kappa shape index (κ1) is 13.9. The Kier molecular flexibility index (Phi) is 3.12. The molecule has 21 heavy (non-hydrogen) atoms. The van der Waals surface area contributed by atoms with Crippen LogP contribution in [0.5, 0.6) is 0 Å². The van der Waals surface area contributed by atoms with Gasteiger partial charge in [-0.1, -0.05) is 0 Å². The van der Waals surface area contributed by atoms with Crippen LogP contribution in [0, 0.1) is 0 Å². The predicted octanol–water partition coefficient (Wildman–Crippen LogP) is 3.76. The number of nitrogen functional groups attached to an aromatic ring is 1. The molecule has 3 rings (SSSR count). The summed E-state index contributed by atoms with van der Waals surface area (Å²) < 4.78 is 40.3. The Labute approximate surface area is 125 Å². The summed E-state index contributed by atoms with van der Waals surface area (Å²) in [6.07, 6.45) is -3.44. The third kappa shape index (κ3) is 2.46. The lowest BCUT2D eigenvalue weighted by molar-refractivity contribution is -0.137. The largest absolute Gasteiger partial charge is 0.417 e. The minimum atomic E-state index is -4.42. The monoisotopic (exact) mass is 356 g/mol. The van der Waals surface area contributed by atoms with Gasteiger partial charge in [0.1, 0.15) is 0 Å². The molecule has 3 aromatic rings. The number of anilines is 1. The van der Waals surface area contributed by atoms with Crippen LogP contribution < -0.4 is 5.73 Å². The lowest BCUT2D eigenvalue weighted by Crippen LogP contribution is -2.06. The molecule has 0 spiro atoms. The molecule has 108 valence electrons. The first-order chi connectivity index (χ1) is 9.86. The number of nitrogens with zero attached hydrogens (tertiary/aromatic N) is 3. The summed E-state index contributed by atoms with van der Waals surface area (Å²) in [6, 6.07) is 7.27. The van der Waals surface area contributed by atoms with Crippen LogP contribution in [0.3, 0.4) is 0 Å². The summed E-state index contributed by atoms with van der Waals surface area (Å²) in [4.78, 5) is 0. The third-order valence-electron chi connectivity index (χ3n) is 2.99. The van der Waals surface area contributed by atoms with E-state index < -0.39 is 11.7 Å². The normalized spacial score (nSPS) is 12.0. The molecular formula is C13H8BrF3N4. The average molecular weight is 357 g/mol. The van der Waals surface area contributed by atoms with Crippen molar-refractivity contribution in [3.63, 3.8) is 0 Å². The second-order valence-corrected chi connectivity index (χ2v) is 5.26. The summed E-state index contributed by atoms with van der Waals surface area (Å²) in [6.45, 7) is 0. The van der Waals surface area contributed by atoms with Gasteiger partial charge in [-0.15, -0.1) is 10.2 Å². The third-order valence-corrected chi connectivity index (χ3v) is 3.68. The van der Waals surface area contributed by atoms with Gasteiger partial charge in [0.05, 0.1) is 5.56 Å². The molecule has 0 radical (unpaired) electrons. The molecular weight excluding hydrogens is 349 g/mol. The molecule has 0 unspecified atom stereocenters. The first-order valence-corrected chi connectivity index (χ1v) is 6.63. The van der Waals surface area contributed by atoms with Gasteiger partial charge in [-0.3, -0.25) is 4.40 Å².